The molecule has 0 aliphatic rings. The molecule has 0 saturated carbocycles. The number of aromatic nitrogens is 6. The standard InChI is InChI=1S/C19H19ClN8O3/c1-2-31-7-6-21-18-27-17(23-13-5-3-4-12(20)9-13)25-15-11(10-22-28(15)18)8-14-16(29)26-19(30)24-14/h3-5,8-10,29H,2,6-7H2,1H3,(H,21,23,27)(H2,24,26,30)/b11-8-. The highest BCUT2D eigenvalue weighted by molar-refractivity contribution is 6.30. The summed E-state index contributed by atoms with van der Waals surface area (Å²) < 4.78 is 6.81. The topological polar surface area (TPSA) is 146 Å². The summed E-state index contributed by atoms with van der Waals surface area (Å²) in [6, 6.07) is 7.14. The van der Waals surface area contributed by atoms with Crippen LogP contribution in [0.2, 0.25) is 5.02 Å². The van der Waals surface area contributed by atoms with Gasteiger partial charge in [-0.05, 0) is 31.2 Å². The van der Waals surface area contributed by atoms with Gasteiger partial charge in [0, 0.05) is 22.5 Å². The summed E-state index contributed by atoms with van der Waals surface area (Å²) in [5.74, 6) is 0.00386. The first-order valence-electron chi connectivity index (χ1n) is 9.43. The molecule has 0 amide bonds. The van der Waals surface area contributed by atoms with Crippen molar-refractivity contribution in [1.82, 2.24) is 29.5 Å². The normalized spacial score (nSPS) is 12.7. The van der Waals surface area contributed by atoms with Gasteiger partial charge in [0.1, 0.15) is 5.69 Å². The van der Waals surface area contributed by atoms with Crippen molar-refractivity contribution in [3.63, 3.8) is 0 Å². The minimum absolute atomic E-state index is 0.206. The summed E-state index contributed by atoms with van der Waals surface area (Å²) in [6.45, 7) is 3.33. The maximum absolute atomic E-state index is 11.4. The highest BCUT2D eigenvalue weighted by Crippen LogP contribution is 2.17. The minimum Gasteiger partial charge on any atom is -0.493 e. The quantitative estimate of drug-likeness (QED) is 0.308. The van der Waals surface area contributed by atoms with E-state index in [1.54, 1.807) is 30.5 Å². The number of anilines is 2. The van der Waals surface area contributed by atoms with Gasteiger partial charge in [0.15, 0.2) is 5.65 Å². The van der Waals surface area contributed by atoms with Gasteiger partial charge in [-0.15, -0.1) is 0 Å². The summed E-state index contributed by atoms with van der Waals surface area (Å²) in [6.07, 6.45) is 3.09. The Morgan fingerprint density at radius 1 is 1.35 bits per heavy atom. The Bertz CT molecular complexity index is 1390. The van der Waals surface area contributed by atoms with Gasteiger partial charge < -0.3 is 20.1 Å². The van der Waals surface area contributed by atoms with E-state index >= 15 is 0 Å². The Balaban J connectivity index is 1.84. The molecule has 0 saturated heterocycles. The van der Waals surface area contributed by atoms with Crippen LogP contribution in [0.5, 0.6) is 5.88 Å². The molecule has 4 rings (SSSR count). The van der Waals surface area contributed by atoms with Crippen molar-refractivity contribution in [2.24, 2.45) is 4.99 Å². The SMILES string of the molecule is CCOCCN=c1nc(Nc2cccc(Cl)c2)nc2/c(=C\c3[nH]c(=O)[nH]c3O)cnn12. The maximum atomic E-state index is 11.4. The molecule has 1 aromatic carbocycles. The van der Waals surface area contributed by atoms with Crippen molar-refractivity contribution in [2.75, 3.05) is 25.1 Å². The number of rotatable bonds is 7. The number of aromatic amines is 2. The van der Waals surface area contributed by atoms with Crippen LogP contribution < -0.4 is 21.8 Å². The van der Waals surface area contributed by atoms with Gasteiger partial charge in [0.25, 0.3) is 5.62 Å². The zero-order valence-electron chi connectivity index (χ0n) is 16.5. The molecule has 0 unspecified atom stereocenters. The molecule has 0 bridgehead atoms. The fourth-order valence-corrected chi connectivity index (χ4v) is 3.03. The Morgan fingerprint density at radius 2 is 2.23 bits per heavy atom. The first-order chi connectivity index (χ1) is 15.0. The number of nitrogens with one attached hydrogen (secondary N) is 3. The van der Waals surface area contributed by atoms with E-state index in [1.165, 1.54) is 4.52 Å². The first-order valence-corrected chi connectivity index (χ1v) is 9.81. The fourth-order valence-electron chi connectivity index (χ4n) is 2.84. The molecule has 4 N–H and O–H groups in total. The molecule has 11 nitrogen and oxygen atoms in total. The number of imidazole rings is 1. The number of nitrogens with zero attached hydrogens (tertiary/aromatic N) is 5. The second-order valence-electron chi connectivity index (χ2n) is 6.38. The number of fused-ring (bicyclic) bond motifs is 1. The Kier molecular flexibility index (Phi) is 5.96. The van der Waals surface area contributed by atoms with Gasteiger partial charge in [-0.2, -0.15) is 19.6 Å². The van der Waals surface area contributed by atoms with Crippen LogP contribution in [0, 0.1) is 0 Å². The molecule has 160 valence electrons. The van der Waals surface area contributed by atoms with E-state index in [9.17, 15) is 9.90 Å². The molecule has 0 radical (unpaired) electrons. The molecule has 3 aromatic heterocycles. The van der Waals surface area contributed by atoms with Crippen LogP contribution in [0.25, 0.3) is 11.7 Å². The highest BCUT2D eigenvalue weighted by Gasteiger charge is 2.09. The fraction of sp³-hybridized carbons (Fsp3) is 0.211. The van der Waals surface area contributed by atoms with Crippen molar-refractivity contribution in [2.45, 2.75) is 6.92 Å². The highest BCUT2D eigenvalue weighted by atomic mass is 35.5. The van der Waals surface area contributed by atoms with Crippen LogP contribution in [-0.2, 0) is 4.74 Å². The van der Waals surface area contributed by atoms with Gasteiger partial charge in [-0.25, -0.2) is 9.79 Å². The molecule has 31 heavy (non-hydrogen) atoms. The third-order valence-electron chi connectivity index (χ3n) is 4.19. The Labute approximate surface area is 180 Å². The summed E-state index contributed by atoms with van der Waals surface area (Å²) >= 11 is 6.06. The van der Waals surface area contributed by atoms with E-state index in [2.05, 4.69) is 35.3 Å². The largest absolute Gasteiger partial charge is 0.493 e. The lowest BCUT2D eigenvalue weighted by molar-refractivity contribution is 0.155. The number of aromatic hydroxyl groups is 1. The average molecular weight is 443 g/mol. The van der Waals surface area contributed by atoms with E-state index in [1.807, 2.05) is 13.0 Å². The Morgan fingerprint density at radius 3 is 2.97 bits per heavy atom. The van der Waals surface area contributed by atoms with Crippen LogP contribution in [0.1, 0.15) is 12.6 Å². The molecule has 0 fully saturated rings. The second-order valence-corrected chi connectivity index (χ2v) is 6.82. The molecule has 3 heterocycles. The van der Waals surface area contributed by atoms with Gasteiger partial charge >= 0.3 is 5.69 Å². The number of benzene rings is 1. The van der Waals surface area contributed by atoms with Gasteiger partial charge in [0.05, 0.1) is 19.3 Å². The van der Waals surface area contributed by atoms with Crippen molar-refractivity contribution >= 4 is 35.0 Å². The van der Waals surface area contributed by atoms with Crippen molar-refractivity contribution in [1.29, 1.82) is 0 Å². The van der Waals surface area contributed by atoms with Crippen LogP contribution in [0.3, 0.4) is 0 Å². The van der Waals surface area contributed by atoms with Crippen molar-refractivity contribution in [3.8, 4) is 5.88 Å². The molecule has 0 spiro atoms. The predicted octanol–water partition coefficient (Wildman–Crippen LogP) is 0.728. The molecule has 0 aliphatic heterocycles. The number of hydrogen-bond acceptors (Lipinski definition) is 8. The third-order valence-corrected chi connectivity index (χ3v) is 4.42. The van der Waals surface area contributed by atoms with Crippen molar-refractivity contribution < 1.29 is 9.84 Å². The van der Waals surface area contributed by atoms with Gasteiger partial charge in [0.2, 0.25) is 11.8 Å². The number of H-pyrrole nitrogens is 2. The number of hydrogen-bond donors (Lipinski definition) is 4. The summed E-state index contributed by atoms with van der Waals surface area (Å²) in [5, 5.41) is 18.4. The van der Waals surface area contributed by atoms with Crippen LogP contribution in [0.4, 0.5) is 11.6 Å². The lowest BCUT2D eigenvalue weighted by Gasteiger charge is -2.05. The molecule has 12 heteroatoms. The second kappa shape index (κ2) is 8.98. The van der Waals surface area contributed by atoms with E-state index in [0.29, 0.717) is 47.0 Å². The average Bonchev–Trinajstić information content (AvgIpc) is 3.28. The van der Waals surface area contributed by atoms with Gasteiger partial charge in [-0.3, -0.25) is 4.98 Å². The summed E-state index contributed by atoms with van der Waals surface area (Å²) in [7, 11) is 0. The van der Waals surface area contributed by atoms with Crippen LogP contribution in [0.15, 0.2) is 40.2 Å². The minimum atomic E-state index is -0.523. The predicted molar refractivity (Wildman–Crippen MR) is 114 cm³/mol. The first kappa shape index (κ1) is 20.6. The summed E-state index contributed by atoms with van der Waals surface area (Å²) in [4.78, 5) is 29.6. The number of halogens is 1. The zero-order valence-corrected chi connectivity index (χ0v) is 17.2. The summed E-state index contributed by atoms with van der Waals surface area (Å²) in [5.41, 5.74) is 1.13. The molecule has 0 atom stereocenters. The maximum Gasteiger partial charge on any atom is 0.326 e. The van der Waals surface area contributed by atoms with Crippen LogP contribution in [-0.4, -0.2) is 54.4 Å². The van der Waals surface area contributed by atoms with E-state index < -0.39 is 5.69 Å². The van der Waals surface area contributed by atoms with Crippen LogP contribution >= 0.6 is 11.6 Å². The number of ether oxygens (including phenoxy) is 1. The molecular formula is C19H19ClN8O3. The lowest BCUT2D eigenvalue weighted by Crippen LogP contribution is -2.24. The molecule has 0 aliphatic carbocycles. The zero-order chi connectivity index (χ0) is 21.8. The molecule has 4 aromatic rings. The van der Waals surface area contributed by atoms with Crippen molar-refractivity contribution in [3.05, 3.63) is 62.5 Å². The lowest BCUT2D eigenvalue weighted by atomic mass is 10.3. The molecular weight excluding hydrogens is 424 g/mol. The van der Waals surface area contributed by atoms with E-state index in [0.717, 1.165) is 0 Å². The van der Waals surface area contributed by atoms with E-state index in [4.69, 9.17) is 16.3 Å². The third kappa shape index (κ3) is 4.73. The monoisotopic (exact) mass is 442 g/mol. The van der Waals surface area contributed by atoms with E-state index in [-0.39, 0.29) is 17.5 Å². The van der Waals surface area contributed by atoms with Gasteiger partial charge in [-0.1, -0.05) is 17.7 Å². The smallest absolute Gasteiger partial charge is 0.326 e. The Hall–Kier alpha value is -3.70.